The molecule has 0 amide bonds. The zero-order valence-corrected chi connectivity index (χ0v) is 17.7. The molecule has 0 atom stereocenters. The summed E-state index contributed by atoms with van der Waals surface area (Å²) >= 11 is 6.18. The number of hydrogen-bond donors (Lipinski definition) is 0. The van der Waals surface area contributed by atoms with Gasteiger partial charge >= 0.3 is 11.7 Å². The summed E-state index contributed by atoms with van der Waals surface area (Å²) in [4.78, 5) is 42.8. The van der Waals surface area contributed by atoms with Crippen molar-refractivity contribution in [3.05, 3.63) is 61.4 Å². The Morgan fingerprint density at radius 2 is 1.90 bits per heavy atom. The Labute approximate surface area is 172 Å². The monoisotopic (exact) mass is 415 g/mol. The van der Waals surface area contributed by atoms with E-state index in [9.17, 15) is 14.4 Å². The minimum absolute atomic E-state index is 0.149. The van der Waals surface area contributed by atoms with Gasteiger partial charge in [0, 0.05) is 24.7 Å². The van der Waals surface area contributed by atoms with Gasteiger partial charge in [-0.3, -0.25) is 13.9 Å². The average molecular weight is 416 g/mol. The predicted molar refractivity (Wildman–Crippen MR) is 113 cm³/mol. The van der Waals surface area contributed by atoms with Crippen LogP contribution in [0, 0.1) is 12.8 Å². The molecule has 0 N–H and O–H groups in total. The van der Waals surface area contributed by atoms with Crippen LogP contribution in [0.1, 0.15) is 29.9 Å². The Kier molecular flexibility index (Phi) is 5.61. The normalized spacial score (nSPS) is 11.3. The highest BCUT2D eigenvalue weighted by atomic mass is 35.5. The smallest absolute Gasteiger partial charge is 0.340 e. The number of pyridine rings is 1. The van der Waals surface area contributed by atoms with Crippen molar-refractivity contribution < 1.29 is 9.53 Å². The second-order valence-corrected chi connectivity index (χ2v) is 7.79. The number of fused-ring (bicyclic) bond motifs is 1. The summed E-state index contributed by atoms with van der Waals surface area (Å²) in [6, 6.07) is 6.85. The molecule has 3 rings (SSSR count). The lowest BCUT2D eigenvalue weighted by molar-refractivity contribution is 0.0458. The average Bonchev–Trinajstić information content (AvgIpc) is 2.67. The molecule has 1 aromatic carbocycles. The number of rotatable bonds is 4. The Balaban J connectivity index is 2.49. The van der Waals surface area contributed by atoms with Crippen LogP contribution in [0.4, 0.5) is 0 Å². The summed E-state index contributed by atoms with van der Waals surface area (Å²) in [5.41, 5.74) is 0.650. The maximum absolute atomic E-state index is 13.1. The van der Waals surface area contributed by atoms with Crippen LogP contribution < -0.4 is 11.2 Å². The molecule has 8 heteroatoms. The Bertz CT molecular complexity index is 1240. The molecule has 0 aliphatic carbocycles. The third-order valence-electron chi connectivity index (χ3n) is 4.63. The van der Waals surface area contributed by atoms with Crippen LogP contribution >= 0.6 is 11.6 Å². The van der Waals surface area contributed by atoms with Crippen molar-refractivity contribution in [2.45, 2.75) is 20.8 Å². The lowest BCUT2D eigenvalue weighted by atomic mass is 9.96. The molecule has 152 valence electrons. The number of ether oxygens (including phenoxy) is 1. The van der Waals surface area contributed by atoms with Crippen molar-refractivity contribution >= 4 is 28.6 Å². The summed E-state index contributed by atoms with van der Waals surface area (Å²) in [6.45, 7) is 5.75. The minimum atomic E-state index is -0.573. The van der Waals surface area contributed by atoms with Gasteiger partial charge in [0.15, 0.2) is 0 Å². The molecule has 0 aliphatic rings. The van der Waals surface area contributed by atoms with Crippen molar-refractivity contribution in [1.29, 1.82) is 0 Å². The number of hydrogen-bond acceptors (Lipinski definition) is 5. The van der Waals surface area contributed by atoms with Crippen LogP contribution in [0.5, 0.6) is 0 Å². The van der Waals surface area contributed by atoms with E-state index in [1.165, 1.54) is 18.7 Å². The van der Waals surface area contributed by atoms with Gasteiger partial charge in [0.2, 0.25) is 0 Å². The SMILES string of the molecule is Cc1nc2c(c(-c3cccc(Cl)c3)c1C(=O)OCC(C)C)c(=O)n(C)c(=O)n2C. The topological polar surface area (TPSA) is 83.2 Å². The largest absolute Gasteiger partial charge is 0.462 e. The van der Waals surface area contributed by atoms with Crippen molar-refractivity contribution in [3.63, 3.8) is 0 Å². The van der Waals surface area contributed by atoms with E-state index >= 15 is 0 Å². The summed E-state index contributed by atoms with van der Waals surface area (Å²) in [6.07, 6.45) is 0. The quantitative estimate of drug-likeness (QED) is 0.611. The first-order valence-corrected chi connectivity index (χ1v) is 9.54. The number of esters is 1. The molecule has 0 bridgehead atoms. The summed E-state index contributed by atoms with van der Waals surface area (Å²) in [7, 11) is 2.93. The molecule has 2 aromatic heterocycles. The molecule has 0 saturated carbocycles. The van der Waals surface area contributed by atoms with E-state index in [0.717, 1.165) is 4.57 Å². The summed E-state index contributed by atoms with van der Waals surface area (Å²) in [5.74, 6) is -0.424. The molecule has 0 radical (unpaired) electrons. The first kappa shape index (κ1) is 20.8. The fourth-order valence-corrected chi connectivity index (χ4v) is 3.39. The Morgan fingerprint density at radius 3 is 2.52 bits per heavy atom. The van der Waals surface area contributed by atoms with E-state index < -0.39 is 17.2 Å². The van der Waals surface area contributed by atoms with E-state index in [1.54, 1.807) is 31.2 Å². The van der Waals surface area contributed by atoms with Crippen molar-refractivity contribution in [2.24, 2.45) is 20.0 Å². The van der Waals surface area contributed by atoms with Gasteiger partial charge in [-0.2, -0.15) is 0 Å². The highest BCUT2D eigenvalue weighted by Gasteiger charge is 2.26. The van der Waals surface area contributed by atoms with Gasteiger partial charge < -0.3 is 4.74 Å². The van der Waals surface area contributed by atoms with Crippen LogP contribution in [-0.2, 0) is 18.8 Å². The second-order valence-electron chi connectivity index (χ2n) is 7.35. The van der Waals surface area contributed by atoms with E-state index in [-0.39, 0.29) is 29.1 Å². The van der Waals surface area contributed by atoms with Crippen molar-refractivity contribution in [1.82, 2.24) is 14.1 Å². The number of benzene rings is 1. The molecule has 0 spiro atoms. The molecular formula is C21H22ClN3O4. The Hall–Kier alpha value is -2.93. The molecule has 0 aliphatic heterocycles. The number of carbonyl (C=O) groups excluding carboxylic acids is 1. The second kappa shape index (κ2) is 7.83. The standard InChI is InChI=1S/C21H22ClN3O4/c1-11(2)10-29-20(27)15-12(3)23-18-17(19(26)25(5)21(28)24(18)4)16(15)13-7-6-8-14(22)9-13/h6-9,11H,10H2,1-5H3. The molecule has 0 fully saturated rings. The number of aromatic nitrogens is 3. The predicted octanol–water partition coefficient (Wildman–Crippen LogP) is 3.07. The van der Waals surface area contributed by atoms with Crippen LogP contribution in [0.2, 0.25) is 5.02 Å². The minimum Gasteiger partial charge on any atom is -0.462 e. The fraction of sp³-hybridized carbons (Fsp3) is 0.333. The summed E-state index contributed by atoms with van der Waals surface area (Å²) < 4.78 is 7.74. The lowest BCUT2D eigenvalue weighted by Crippen LogP contribution is -2.38. The molecule has 0 saturated heterocycles. The maximum Gasteiger partial charge on any atom is 0.340 e. The van der Waals surface area contributed by atoms with Crippen LogP contribution in [0.3, 0.4) is 0 Å². The molecule has 29 heavy (non-hydrogen) atoms. The van der Waals surface area contributed by atoms with Gasteiger partial charge in [-0.1, -0.05) is 37.6 Å². The first-order valence-electron chi connectivity index (χ1n) is 9.16. The van der Waals surface area contributed by atoms with E-state index in [4.69, 9.17) is 16.3 Å². The highest BCUT2D eigenvalue weighted by molar-refractivity contribution is 6.31. The van der Waals surface area contributed by atoms with Gasteiger partial charge in [0.25, 0.3) is 5.56 Å². The molecule has 2 heterocycles. The van der Waals surface area contributed by atoms with Gasteiger partial charge in [0.1, 0.15) is 5.65 Å². The van der Waals surface area contributed by atoms with Gasteiger partial charge in [-0.15, -0.1) is 0 Å². The lowest BCUT2D eigenvalue weighted by Gasteiger charge is -2.17. The maximum atomic E-state index is 13.1. The summed E-state index contributed by atoms with van der Waals surface area (Å²) in [5, 5.41) is 0.618. The van der Waals surface area contributed by atoms with Gasteiger partial charge in [-0.05, 0) is 30.5 Å². The van der Waals surface area contributed by atoms with Crippen LogP contribution in [0.25, 0.3) is 22.2 Å². The zero-order valence-electron chi connectivity index (χ0n) is 16.9. The number of carbonyl (C=O) groups is 1. The van der Waals surface area contributed by atoms with Crippen molar-refractivity contribution in [3.8, 4) is 11.1 Å². The Morgan fingerprint density at radius 1 is 1.21 bits per heavy atom. The highest BCUT2D eigenvalue weighted by Crippen LogP contribution is 2.32. The number of aryl methyl sites for hydroxylation is 2. The number of nitrogens with zero attached hydrogens (tertiary/aromatic N) is 3. The van der Waals surface area contributed by atoms with Crippen molar-refractivity contribution in [2.75, 3.05) is 6.61 Å². The fourth-order valence-electron chi connectivity index (χ4n) is 3.20. The zero-order chi connectivity index (χ0) is 21.5. The molecule has 3 aromatic rings. The van der Waals surface area contributed by atoms with Crippen LogP contribution in [0.15, 0.2) is 33.9 Å². The molecule has 0 unspecified atom stereocenters. The van der Waals surface area contributed by atoms with Gasteiger partial charge in [0.05, 0.1) is 23.3 Å². The van der Waals surface area contributed by atoms with E-state index in [1.807, 2.05) is 13.8 Å². The third kappa shape index (κ3) is 3.70. The van der Waals surface area contributed by atoms with Crippen LogP contribution in [-0.4, -0.2) is 26.7 Å². The first-order chi connectivity index (χ1) is 13.6. The molecular weight excluding hydrogens is 394 g/mol. The third-order valence-corrected chi connectivity index (χ3v) is 4.87. The van der Waals surface area contributed by atoms with Gasteiger partial charge in [-0.25, -0.2) is 14.6 Å². The number of halogens is 1. The molecule has 7 nitrogen and oxygen atoms in total. The van der Waals surface area contributed by atoms with E-state index in [2.05, 4.69) is 4.98 Å². The van der Waals surface area contributed by atoms with E-state index in [0.29, 0.717) is 21.8 Å².